The van der Waals surface area contributed by atoms with Crippen molar-refractivity contribution in [2.45, 2.75) is 30.1 Å². The van der Waals surface area contributed by atoms with E-state index < -0.39 is 69.9 Å². The van der Waals surface area contributed by atoms with Crippen LogP contribution in [0.3, 0.4) is 0 Å². The Hall–Kier alpha value is -5.51. The van der Waals surface area contributed by atoms with E-state index in [0.717, 1.165) is 27.7 Å². The third-order valence-corrected chi connectivity index (χ3v) is 10.2. The smallest absolute Gasteiger partial charge is 0.420 e. The van der Waals surface area contributed by atoms with Crippen LogP contribution < -0.4 is 19.5 Å². The molecule has 1 saturated heterocycles. The highest BCUT2D eigenvalue weighted by atomic mass is 32.2. The van der Waals surface area contributed by atoms with E-state index in [1.54, 1.807) is 31.2 Å². The molecule has 0 aliphatic carbocycles. The van der Waals surface area contributed by atoms with Crippen LogP contribution in [0, 0.1) is 11.8 Å². The van der Waals surface area contributed by atoms with Crippen LogP contribution in [-0.2, 0) is 22.2 Å². The highest BCUT2D eigenvalue weighted by molar-refractivity contribution is 7.92. The van der Waals surface area contributed by atoms with Crippen molar-refractivity contribution in [3.63, 3.8) is 0 Å². The second kappa shape index (κ2) is 12.5. The lowest BCUT2D eigenvalue weighted by molar-refractivity contribution is -0.0246. The standard InChI is InChI=1S/C33H29F3N4O8S/c1-19(22-7-4-5-8-23(22)33(36)17-38(18-33)31(41)42)40-25-14-24(34)28(15-27(25)48-32(40)43)49(44,45)39(30-10-6-9-29(35)37-30)16-20-11-12-21(46-2)13-26(20)47-3/h4-15,19H,16-18H2,1-3H3,(H,41,42). The summed E-state index contributed by atoms with van der Waals surface area (Å²) in [5.41, 5.74) is -1.67. The number of fused-ring (bicyclic) bond motifs is 1. The van der Waals surface area contributed by atoms with Gasteiger partial charge < -0.3 is 23.9 Å². The first-order valence-corrected chi connectivity index (χ1v) is 16.2. The molecule has 1 fully saturated rings. The fourth-order valence-electron chi connectivity index (χ4n) is 5.95. The number of rotatable bonds is 10. The van der Waals surface area contributed by atoms with Gasteiger partial charge in [-0.1, -0.05) is 30.3 Å². The first kappa shape index (κ1) is 33.4. The molecule has 256 valence electrons. The highest BCUT2D eigenvalue weighted by Crippen LogP contribution is 2.41. The minimum absolute atomic E-state index is 0.121. The SMILES string of the molecule is COc1ccc(CN(c2cccc(F)n2)S(=O)(=O)c2cc3oc(=O)n(C(C)c4ccccc4C4(F)CN(C(=O)O)C4)c3cc2F)c(OC)c1. The number of hydrogen-bond donors (Lipinski definition) is 1. The summed E-state index contributed by atoms with van der Waals surface area (Å²) >= 11 is 0. The lowest BCUT2D eigenvalue weighted by Crippen LogP contribution is -2.58. The Kier molecular flexibility index (Phi) is 8.52. The molecule has 1 aliphatic heterocycles. The number of sulfonamides is 1. The topological polar surface area (TPSA) is 144 Å². The first-order valence-electron chi connectivity index (χ1n) is 14.7. The summed E-state index contributed by atoms with van der Waals surface area (Å²) < 4.78 is 92.3. The van der Waals surface area contributed by atoms with Gasteiger partial charge in [-0.05, 0) is 42.3 Å². The van der Waals surface area contributed by atoms with Crippen LogP contribution in [0.2, 0.25) is 0 Å². The van der Waals surface area contributed by atoms with Crippen molar-refractivity contribution in [3.05, 3.63) is 112 Å². The van der Waals surface area contributed by atoms with Gasteiger partial charge >= 0.3 is 11.8 Å². The number of anilines is 1. The fourth-order valence-corrected chi connectivity index (χ4v) is 7.41. The molecule has 6 rings (SSSR count). The van der Waals surface area contributed by atoms with E-state index in [-0.39, 0.29) is 28.2 Å². The number of alkyl halides is 1. The van der Waals surface area contributed by atoms with Gasteiger partial charge in [0.15, 0.2) is 11.3 Å². The Bertz CT molecular complexity index is 2250. The number of carboxylic acid groups (broad SMARTS) is 1. The molecule has 1 aliphatic rings. The van der Waals surface area contributed by atoms with Crippen molar-refractivity contribution < 1.29 is 45.4 Å². The lowest BCUT2D eigenvalue weighted by Gasteiger charge is -2.44. The Labute approximate surface area is 277 Å². The third-order valence-electron chi connectivity index (χ3n) is 8.43. The van der Waals surface area contributed by atoms with Crippen LogP contribution in [0.5, 0.6) is 11.5 Å². The number of amides is 1. The van der Waals surface area contributed by atoms with Gasteiger partial charge in [0, 0.05) is 23.8 Å². The average Bonchev–Trinajstić information content (AvgIpc) is 3.38. The maximum Gasteiger partial charge on any atom is 0.420 e. The third kappa shape index (κ3) is 5.92. The second-order valence-electron chi connectivity index (χ2n) is 11.4. The van der Waals surface area contributed by atoms with Crippen LogP contribution in [0.15, 0.2) is 86.9 Å². The molecule has 0 saturated carbocycles. The summed E-state index contributed by atoms with van der Waals surface area (Å²) in [6, 6.07) is 15.0. The molecule has 3 aromatic carbocycles. The monoisotopic (exact) mass is 698 g/mol. The van der Waals surface area contributed by atoms with Crippen LogP contribution >= 0.6 is 0 Å². The molecule has 5 aromatic rings. The van der Waals surface area contributed by atoms with Gasteiger partial charge in [0.05, 0.1) is 45.4 Å². The number of likely N-dealkylation sites (tertiary alicyclic amines) is 1. The number of hydrogen-bond acceptors (Lipinski definition) is 8. The number of benzene rings is 3. The molecule has 1 atom stereocenters. The number of carbonyl (C=O) groups is 1. The number of methoxy groups -OCH3 is 2. The summed E-state index contributed by atoms with van der Waals surface area (Å²) in [7, 11) is -2.07. The molecule has 1 unspecified atom stereocenters. The molecule has 12 nitrogen and oxygen atoms in total. The zero-order chi connectivity index (χ0) is 35.2. The molecule has 0 spiro atoms. The lowest BCUT2D eigenvalue weighted by atomic mass is 9.83. The van der Waals surface area contributed by atoms with Gasteiger partial charge in [-0.15, -0.1) is 0 Å². The van der Waals surface area contributed by atoms with Crippen molar-refractivity contribution in [2.75, 3.05) is 31.6 Å². The Morgan fingerprint density at radius 3 is 2.47 bits per heavy atom. The van der Waals surface area contributed by atoms with E-state index in [0.29, 0.717) is 21.2 Å². The minimum atomic E-state index is -4.87. The molecule has 16 heteroatoms. The number of ether oxygens (including phenoxy) is 2. The van der Waals surface area contributed by atoms with Crippen molar-refractivity contribution in [1.29, 1.82) is 0 Å². The zero-order valence-electron chi connectivity index (χ0n) is 26.3. The van der Waals surface area contributed by atoms with Crippen molar-refractivity contribution in [3.8, 4) is 11.5 Å². The van der Waals surface area contributed by atoms with E-state index in [9.17, 15) is 27.5 Å². The van der Waals surface area contributed by atoms with Gasteiger partial charge in [-0.3, -0.25) is 4.57 Å². The van der Waals surface area contributed by atoms with Crippen molar-refractivity contribution >= 4 is 33.0 Å². The van der Waals surface area contributed by atoms with E-state index in [4.69, 9.17) is 13.9 Å². The van der Waals surface area contributed by atoms with Gasteiger partial charge in [-0.25, -0.2) is 36.1 Å². The summed E-state index contributed by atoms with van der Waals surface area (Å²) in [6.45, 7) is 0.255. The molecule has 0 radical (unpaired) electrons. The fraction of sp³-hybridized carbons (Fsp3) is 0.242. The second-order valence-corrected chi connectivity index (χ2v) is 13.2. The summed E-state index contributed by atoms with van der Waals surface area (Å²) in [5.74, 6) is -2.94. The van der Waals surface area contributed by atoms with Crippen LogP contribution in [0.1, 0.15) is 29.7 Å². The predicted molar refractivity (Wildman–Crippen MR) is 170 cm³/mol. The van der Waals surface area contributed by atoms with E-state index in [2.05, 4.69) is 4.98 Å². The quantitative estimate of drug-likeness (QED) is 0.188. The van der Waals surface area contributed by atoms with Crippen molar-refractivity contribution in [2.24, 2.45) is 0 Å². The predicted octanol–water partition coefficient (Wildman–Crippen LogP) is 5.45. The van der Waals surface area contributed by atoms with Crippen LogP contribution in [0.4, 0.5) is 23.8 Å². The first-order chi connectivity index (χ1) is 23.3. The maximum absolute atomic E-state index is 16.0. The maximum atomic E-state index is 16.0. The van der Waals surface area contributed by atoms with Crippen LogP contribution in [-0.4, -0.2) is 61.4 Å². The summed E-state index contributed by atoms with van der Waals surface area (Å²) in [5, 5.41) is 9.22. The molecule has 2 aromatic heterocycles. The number of oxazole rings is 1. The van der Waals surface area contributed by atoms with Gasteiger partial charge in [0.1, 0.15) is 28.0 Å². The molecular formula is C33H29F3N4O8S. The largest absolute Gasteiger partial charge is 0.497 e. The molecular weight excluding hydrogens is 669 g/mol. The molecule has 49 heavy (non-hydrogen) atoms. The number of aromatic nitrogens is 2. The molecule has 1 N–H and O–H groups in total. The molecule has 0 bridgehead atoms. The van der Waals surface area contributed by atoms with Gasteiger partial charge in [0.25, 0.3) is 10.0 Å². The zero-order valence-corrected chi connectivity index (χ0v) is 27.1. The Morgan fingerprint density at radius 1 is 1.06 bits per heavy atom. The summed E-state index contributed by atoms with van der Waals surface area (Å²) in [6.07, 6.45) is -1.27. The van der Waals surface area contributed by atoms with Gasteiger partial charge in [-0.2, -0.15) is 4.39 Å². The van der Waals surface area contributed by atoms with E-state index >= 15 is 8.78 Å². The summed E-state index contributed by atoms with van der Waals surface area (Å²) in [4.78, 5) is 28.3. The number of halogens is 3. The van der Waals surface area contributed by atoms with E-state index in [1.165, 1.54) is 44.6 Å². The van der Waals surface area contributed by atoms with Crippen LogP contribution in [0.25, 0.3) is 11.1 Å². The average molecular weight is 699 g/mol. The normalized spacial score (nSPS) is 14.7. The number of pyridine rings is 1. The highest BCUT2D eigenvalue weighted by Gasteiger charge is 2.49. The molecule has 3 heterocycles. The Balaban J connectivity index is 1.43. The van der Waals surface area contributed by atoms with Gasteiger partial charge in [0.2, 0.25) is 5.95 Å². The van der Waals surface area contributed by atoms with E-state index in [1.807, 2.05) is 0 Å². The van der Waals surface area contributed by atoms with Crippen molar-refractivity contribution in [1.82, 2.24) is 14.5 Å². The molecule has 1 amide bonds. The number of nitrogens with zero attached hydrogens (tertiary/aromatic N) is 4. The Morgan fingerprint density at radius 2 is 1.80 bits per heavy atom. The minimum Gasteiger partial charge on any atom is -0.497 e.